The number of aliphatic carboxylic acids is 2. The Labute approximate surface area is 231 Å². The molecule has 0 aliphatic carbocycles. The summed E-state index contributed by atoms with van der Waals surface area (Å²) in [5, 5.41) is 26.5. The van der Waals surface area contributed by atoms with Crippen molar-refractivity contribution in [3.8, 4) is 22.5 Å². The maximum atomic E-state index is 11.3. The van der Waals surface area contributed by atoms with Gasteiger partial charge in [0.25, 0.3) is 0 Å². The topological polar surface area (TPSA) is 124 Å². The zero-order chi connectivity index (χ0) is 28.2. The maximum Gasteiger partial charge on any atom is 0.320 e. The number of hydrogen-bond acceptors (Lipinski definition) is 6. The number of carboxylic acids is 2. The van der Waals surface area contributed by atoms with Crippen LogP contribution in [0.3, 0.4) is 0 Å². The third-order valence-electron chi connectivity index (χ3n) is 7.04. The Hall–Kier alpha value is -4.66. The SMILES string of the molecule is C[C@H](NCc1ccccc1-c1ccc2ccc3ccc(-c4ccccc4CN[C@@H](C)C(=O)O)nc3c2n1)C(=O)O. The molecule has 202 valence electrons. The van der Waals surface area contributed by atoms with Gasteiger partial charge in [-0.2, -0.15) is 0 Å². The number of nitrogens with one attached hydrogen (secondary N) is 2. The molecule has 2 heterocycles. The Balaban J connectivity index is 1.56. The minimum absolute atomic E-state index is 0.395. The molecule has 8 heteroatoms. The van der Waals surface area contributed by atoms with Crippen LogP contribution in [0, 0.1) is 0 Å². The van der Waals surface area contributed by atoms with E-state index in [2.05, 4.69) is 10.6 Å². The third-order valence-corrected chi connectivity index (χ3v) is 7.04. The van der Waals surface area contributed by atoms with Crippen molar-refractivity contribution in [2.75, 3.05) is 0 Å². The second-order valence-corrected chi connectivity index (χ2v) is 9.80. The molecule has 40 heavy (non-hydrogen) atoms. The molecule has 8 nitrogen and oxygen atoms in total. The Morgan fingerprint density at radius 2 is 1.00 bits per heavy atom. The van der Waals surface area contributed by atoms with Gasteiger partial charge in [-0.05, 0) is 37.1 Å². The highest BCUT2D eigenvalue weighted by Crippen LogP contribution is 2.30. The van der Waals surface area contributed by atoms with E-state index >= 15 is 0 Å². The molecule has 4 N–H and O–H groups in total. The highest BCUT2D eigenvalue weighted by molar-refractivity contribution is 6.04. The molecular weight excluding hydrogens is 504 g/mol. The number of pyridine rings is 2. The second-order valence-electron chi connectivity index (χ2n) is 9.80. The van der Waals surface area contributed by atoms with Gasteiger partial charge in [0, 0.05) is 35.0 Å². The first kappa shape index (κ1) is 26.9. The lowest BCUT2D eigenvalue weighted by Gasteiger charge is -2.14. The molecular formula is C32H30N4O4. The summed E-state index contributed by atoms with van der Waals surface area (Å²) in [5.41, 5.74) is 6.85. The van der Waals surface area contributed by atoms with Crippen LogP contribution in [-0.2, 0) is 22.7 Å². The van der Waals surface area contributed by atoms with E-state index in [1.54, 1.807) is 13.8 Å². The molecule has 0 radical (unpaired) electrons. The van der Waals surface area contributed by atoms with Gasteiger partial charge >= 0.3 is 11.9 Å². The van der Waals surface area contributed by atoms with Crippen LogP contribution in [0.2, 0.25) is 0 Å². The van der Waals surface area contributed by atoms with E-state index in [0.717, 1.165) is 55.4 Å². The number of carbonyl (C=O) groups is 2. The molecule has 0 saturated heterocycles. The van der Waals surface area contributed by atoms with Crippen LogP contribution < -0.4 is 10.6 Å². The lowest BCUT2D eigenvalue weighted by atomic mass is 10.0. The highest BCUT2D eigenvalue weighted by atomic mass is 16.4. The van der Waals surface area contributed by atoms with Crippen molar-refractivity contribution in [3.05, 3.63) is 96.1 Å². The van der Waals surface area contributed by atoms with E-state index in [-0.39, 0.29) is 0 Å². The number of aromatic nitrogens is 2. The van der Waals surface area contributed by atoms with E-state index in [1.165, 1.54) is 0 Å². The van der Waals surface area contributed by atoms with Gasteiger partial charge in [0.05, 0.1) is 22.4 Å². The molecule has 0 spiro atoms. The number of rotatable bonds is 10. The predicted octanol–water partition coefficient (Wildman–Crippen LogP) is 5.24. The molecule has 0 fully saturated rings. The number of carboxylic acid groups (broad SMARTS) is 2. The summed E-state index contributed by atoms with van der Waals surface area (Å²) in [7, 11) is 0. The van der Waals surface area contributed by atoms with Crippen LogP contribution in [-0.4, -0.2) is 44.2 Å². The largest absolute Gasteiger partial charge is 0.480 e. The van der Waals surface area contributed by atoms with Gasteiger partial charge in [0.2, 0.25) is 0 Å². The van der Waals surface area contributed by atoms with Crippen LogP contribution in [0.1, 0.15) is 25.0 Å². The number of benzene rings is 3. The summed E-state index contributed by atoms with van der Waals surface area (Å²) < 4.78 is 0. The number of nitrogens with zero attached hydrogens (tertiary/aromatic N) is 2. The molecule has 0 aliphatic heterocycles. The van der Waals surface area contributed by atoms with Gasteiger partial charge in [-0.15, -0.1) is 0 Å². The molecule has 3 aromatic carbocycles. The van der Waals surface area contributed by atoms with Gasteiger partial charge in [0.15, 0.2) is 0 Å². The fourth-order valence-corrected chi connectivity index (χ4v) is 4.62. The average molecular weight is 535 g/mol. The Morgan fingerprint density at radius 1 is 0.625 bits per heavy atom. The molecule has 0 saturated carbocycles. The van der Waals surface area contributed by atoms with Crippen molar-refractivity contribution in [2.45, 2.75) is 39.0 Å². The lowest BCUT2D eigenvalue weighted by molar-refractivity contribution is -0.140. The van der Waals surface area contributed by atoms with Gasteiger partial charge < -0.3 is 20.8 Å². The Bertz CT molecular complexity index is 1590. The Kier molecular flexibility index (Phi) is 7.82. The van der Waals surface area contributed by atoms with E-state index in [1.807, 2.05) is 84.9 Å². The summed E-state index contributed by atoms with van der Waals surface area (Å²) in [5.74, 6) is -1.80. The van der Waals surface area contributed by atoms with Crippen LogP contribution in [0.15, 0.2) is 84.9 Å². The molecule has 0 unspecified atom stereocenters. The summed E-state index contributed by atoms with van der Waals surface area (Å²) >= 11 is 0. The predicted molar refractivity (Wildman–Crippen MR) is 156 cm³/mol. The second kappa shape index (κ2) is 11.6. The van der Waals surface area contributed by atoms with Crippen molar-refractivity contribution in [1.29, 1.82) is 0 Å². The van der Waals surface area contributed by atoms with Crippen LogP contribution >= 0.6 is 0 Å². The molecule has 0 amide bonds. The average Bonchev–Trinajstić information content (AvgIpc) is 2.98. The minimum atomic E-state index is -0.900. The van der Waals surface area contributed by atoms with Crippen molar-refractivity contribution in [1.82, 2.24) is 20.6 Å². The van der Waals surface area contributed by atoms with E-state index < -0.39 is 24.0 Å². The summed E-state index contributed by atoms with van der Waals surface area (Å²) in [6.45, 7) is 4.03. The van der Waals surface area contributed by atoms with Crippen molar-refractivity contribution >= 4 is 33.7 Å². The van der Waals surface area contributed by atoms with Crippen LogP contribution in [0.4, 0.5) is 0 Å². The summed E-state index contributed by atoms with van der Waals surface area (Å²) in [6, 6.07) is 26.4. The summed E-state index contributed by atoms with van der Waals surface area (Å²) in [4.78, 5) is 32.7. The Morgan fingerprint density at radius 3 is 1.40 bits per heavy atom. The fourth-order valence-electron chi connectivity index (χ4n) is 4.62. The van der Waals surface area contributed by atoms with Gasteiger partial charge in [-0.3, -0.25) is 9.59 Å². The first-order chi connectivity index (χ1) is 19.3. The monoisotopic (exact) mass is 534 g/mol. The summed E-state index contributed by atoms with van der Waals surface area (Å²) in [6.07, 6.45) is 0. The number of hydrogen-bond donors (Lipinski definition) is 4. The van der Waals surface area contributed by atoms with Gasteiger partial charge in [0.1, 0.15) is 12.1 Å². The van der Waals surface area contributed by atoms with Crippen molar-refractivity contribution < 1.29 is 19.8 Å². The molecule has 2 atom stereocenters. The molecule has 5 aromatic rings. The first-order valence-electron chi connectivity index (χ1n) is 13.1. The van der Waals surface area contributed by atoms with Crippen LogP contribution in [0.5, 0.6) is 0 Å². The minimum Gasteiger partial charge on any atom is -0.480 e. The van der Waals surface area contributed by atoms with Gasteiger partial charge in [-0.1, -0.05) is 72.8 Å². The lowest BCUT2D eigenvalue weighted by Crippen LogP contribution is -2.33. The van der Waals surface area contributed by atoms with Crippen LogP contribution in [0.25, 0.3) is 44.3 Å². The third kappa shape index (κ3) is 5.68. The maximum absolute atomic E-state index is 11.3. The zero-order valence-corrected chi connectivity index (χ0v) is 22.3. The number of fused-ring (bicyclic) bond motifs is 3. The van der Waals surface area contributed by atoms with E-state index in [0.29, 0.717) is 13.1 Å². The van der Waals surface area contributed by atoms with E-state index in [4.69, 9.17) is 9.97 Å². The fraction of sp³-hybridized carbons (Fsp3) is 0.188. The quantitative estimate of drug-likeness (QED) is 0.179. The van der Waals surface area contributed by atoms with E-state index in [9.17, 15) is 19.8 Å². The standard InChI is InChI=1S/C32H30N4O4/c1-19(31(37)38)33-17-23-7-3-5-9-25(23)27-15-13-21-11-12-22-14-16-28(36-30(22)29(21)35-27)26-10-6-4-8-24(26)18-34-20(2)32(39)40/h3-16,19-20,33-34H,17-18H2,1-2H3,(H,37,38)(H,39,40)/t19-,20-/m0/s1. The molecule has 2 aromatic heterocycles. The molecule has 0 aliphatic rings. The molecule has 0 bridgehead atoms. The van der Waals surface area contributed by atoms with Crippen molar-refractivity contribution in [2.24, 2.45) is 0 Å². The smallest absolute Gasteiger partial charge is 0.320 e. The van der Waals surface area contributed by atoms with Gasteiger partial charge in [-0.25, -0.2) is 9.97 Å². The van der Waals surface area contributed by atoms with Crippen molar-refractivity contribution in [3.63, 3.8) is 0 Å². The normalized spacial score (nSPS) is 12.8. The first-order valence-corrected chi connectivity index (χ1v) is 13.1. The zero-order valence-electron chi connectivity index (χ0n) is 22.3. The molecule has 5 rings (SSSR count). The highest BCUT2D eigenvalue weighted by Gasteiger charge is 2.15.